The van der Waals surface area contributed by atoms with E-state index in [-0.39, 0.29) is 5.82 Å². The van der Waals surface area contributed by atoms with Crippen LogP contribution in [0.2, 0.25) is 0 Å². The van der Waals surface area contributed by atoms with Crippen molar-refractivity contribution in [1.29, 1.82) is 0 Å². The van der Waals surface area contributed by atoms with Crippen molar-refractivity contribution in [3.63, 3.8) is 0 Å². The average Bonchev–Trinajstić information content (AvgIpc) is 2.37. The van der Waals surface area contributed by atoms with E-state index >= 15 is 0 Å². The van der Waals surface area contributed by atoms with Gasteiger partial charge in [0.2, 0.25) is 0 Å². The molecule has 1 rings (SSSR count). The number of aliphatic hydroxyl groups is 1. The first-order chi connectivity index (χ1) is 9.08. The molecule has 0 aliphatic carbocycles. The molecular formula is C15H24FNO2. The minimum Gasteiger partial charge on any atom is -0.389 e. The fraction of sp³-hybridized carbons (Fsp3) is 0.600. The summed E-state index contributed by atoms with van der Waals surface area (Å²) in [7, 11) is 0. The molecule has 0 heterocycles. The minimum atomic E-state index is -0.552. The molecule has 1 unspecified atom stereocenters. The van der Waals surface area contributed by atoms with E-state index in [1.165, 1.54) is 12.1 Å². The van der Waals surface area contributed by atoms with Crippen molar-refractivity contribution in [3.8, 4) is 0 Å². The first-order valence-corrected chi connectivity index (χ1v) is 6.83. The Morgan fingerprint density at radius 2 is 1.95 bits per heavy atom. The summed E-state index contributed by atoms with van der Waals surface area (Å²) in [6.07, 6.45) is 1.61. The topological polar surface area (TPSA) is 41.5 Å². The molecule has 1 atom stereocenters. The monoisotopic (exact) mass is 269 g/mol. The van der Waals surface area contributed by atoms with Gasteiger partial charge in [-0.25, -0.2) is 4.39 Å². The first kappa shape index (κ1) is 15.9. The van der Waals surface area contributed by atoms with E-state index in [0.717, 1.165) is 18.5 Å². The van der Waals surface area contributed by atoms with Crippen LogP contribution in [-0.2, 0) is 4.74 Å². The van der Waals surface area contributed by atoms with Crippen molar-refractivity contribution < 1.29 is 14.2 Å². The zero-order valence-electron chi connectivity index (χ0n) is 11.7. The normalized spacial score (nSPS) is 12.7. The van der Waals surface area contributed by atoms with Crippen LogP contribution in [0.4, 0.5) is 10.1 Å². The number of rotatable bonds is 9. The highest BCUT2D eigenvalue weighted by atomic mass is 19.1. The number of benzene rings is 1. The fourth-order valence-corrected chi connectivity index (χ4v) is 1.68. The van der Waals surface area contributed by atoms with Gasteiger partial charge >= 0.3 is 0 Å². The zero-order chi connectivity index (χ0) is 14.1. The third-order valence-electron chi connectivity index (χ3n) is 2.77. The third kappa shape index (κ3) is 7.80. The van der Waals surface area contributed by atoms with E-state index in [2.05, 4.69) is 19.2 Å². The number of aliphatic hydroxyl groups excluding tert-OH is 1. The van der Waals surface area contributed by atoms with Crippen LogP contribution >= 0.6 is 0 Å². The average molecular weight is 269 g/mol. The Hall–Kier alpha value is -1.13. The van der Waals surface area contributed by atoms with Gasteiger partial charge in [-0.2, -0.15) is 0 Å². The Balaban J connectivity index is 2.07. The lowest BCUT2D eigenvalue weighted by atomic mass is 10.1. The van der Waals surface area contributed by atoms with Gasteiger partial charge in [0.1, 0.15) is 5.82 Å². The Kier molecular flexibility index (Phi) is 7.45. The predicted molar refractivity (Wildman–Crippen MR) is 75.8 cm³/mol. The van der Waals surface area contributed by atoms with Gasteiger partial charge in [-0.05, 0) is 43.0 Å². The molecule has 0 bridgehead atoms. The van der Waals surface area contributed by atoms with Gasteiger partial charge in [0.05, 0.1) is 12.7 Å². The summed E-state index contributed by atoms with van der Waals surface area (Å²) in [5.74, 6) is 0.424. The lowest BCUT2D eigenvalue weighted by molar-refractivity contribution is 0.0409. The molecule has 3 nitrogen and oxygen atoms in total. The molecule has 0 saturated heterocycles. The highest BCUT2D eigenvalue weighted by Crippen LogP contribution is 2.08. The molecule has 1 aromatic carbocycles. The molecule has 19 heavy (non-hydrogen) atoms. The first-order valence-electron chi connectivity index (χ1n) is 6.83. The van der Waals surface area contributed by atoms with Gasteiger partial charge in [0.15, 0.2) is 0 Å². The molecule has 4 heteroatoms. The van der Waals surface area contributed by atoms with Crippen molar-refractivity contribution in [2.75, 3.05) is 25.1 Å². The van der Waals surface area contributed by atoms with E-state index in [1.807, 2.05) is 0 Å². The molecule has 0 amide bonds. The molecule has 2 N–H and O–H groups in total. The second kappa shape index (κ2) is 8.88. The highest BCUT2D eigenvalue weighted by molar-refractivity contribution is 5.42. The van der Waals surface area contributed by atoms with Crippen LogP contribution in [0, 0.1) is 11.7 Å². The van der Waals surface area contributed by atoms with Gasteiger partial charge in [-0.1, -0.05) is 13.8 Å². The maximum Gasteiger partial charge on any atom is 0.123 e. The van der Waals surface area contributed by atoms with E-state index in [9.17, 15) is 9.50 Å². The predicted octanol–water partition coefficient (Wildman–Crippen LogP) is 3.05. The van der Waals surface area contributed by atoms with E-state index in [1.54, 1.807) is 12.1 Å². The second-order valence-electron chi connectivity index (χ2n) is 5.15. The lowest BCUT2D eigenvalue weighted by Crippen LogP contribution is -2.25. The summed E-state index contributed by atoms with van der Waals surface area (Å²) < 4.78 is 18.1. The number of halogens is 1. The maximum absolute atomic E-state index is 12.7. The molecule has 0 aliphatic heterocycles. The van der Waals surface area contributed by atoms with Crippen LogP contribution in [0.25, 0.3) is 0 Å². The summed E-state index contributed by atoms with van der Waals surface area (Å²) in [4.78, 5) is 0. The van der Waals surface area contributed by atoms with Crippen molar-refractivity contribution in [2.45, 2.75) is 32.8 Å². The molecule has 0 spiro atoms. The van der Waals surface area contributed by atoms with Crippen LogP contribution < -0.4 is 5.32 Å². The Morgan fingerprint density at radius 1 is 1.26 bits per heavy atom. The van der Waals surface area contributed by atoms with E-state index in [0.29, 0.717) is 25.7 Å². The summed E-state index contributed by atoms with van der Waals surface area (Å²) in [6.45, 7) is 5.77. The Bertz CT molecular complexity index is 341. The van der Waals surface area contributed by atoms with Crippen LogP contribution in [-0.4, -0.2) is 31.0 Å². The zero-order valence-corrected chi connectivity index (χ0v) is 11.7. The van der Waals surface area contributed by atoms with Crippen molar-refractivity contribution >= 4 is 5.69 Å². The smallest absolute Gasteiger partial charge is 0.123 e. The molecule has 0 radical (unpaired) electrons. The molecule has 0 saturated carbocycles. The van der Waals surface area contributed by atoms with E-state index in [4.69, 9.17) is 4.74 Å². The summed E-state index contributed by atoms with van der Waals surface area (Å²) >= 11 is 0. The maximum atomic E-state index is 12.7. The number of ether oxygens (including phenoxy) is 1. The molecule has 0 fully saturated rings. The van der Waals surface area contributed by atoms with Gasteiger partial charge < -0.3 is 15.2 Å². The quantitative estimate of drug-likeness (QED) is 0.677. The summed E-state index contributed by atoms with van der Waals surface area (Å²) in [5, 5.41) is 12.7. The Labute approximate surface area is 114 Å². The number of hydrogen-bond donors (Lipinski definition) is 2. The summed E-state index contributed by atoms with van der Waals surface area (Å²) in [5.41, 5.74) is 0.792. The SMILES string of the molecule is CC(C)CCCOCC(O)CNc1ccc(F)cc1. The largest absolute Gasteiger partial charge is 0.389 e. The molecule has 108 valence electrons. The number of hydrogen-bond acceptors (Lipinski definition) is 3. The van der Waals surface area contributed by atoms with Gasteiger partial charge in [-0.3, -0.25) is 0 Å². The Morgan fingerprint density at radius 3 is 2.58 bits per heavy atom. The van der Waals surface area contributed by atoms with Crippen molar-refractivity contribution in [3.05, 3.63) is 30.1 Å². The van der Waals surface area contributed by atoms with E-state index < -0.39 is 6.10 Å². The summed E-state index contributed by atoms with van der Waals surface area (Å²) in [6, 6.07) is 6.06. The lowest BCUT2D eigenvalue weighted by Gasteiger charge is -2.13. The fourth-order valence-electron chi connectivity index (χ4n) is 1.68. The molecule has 1 aromatic rings. The second-order valence-corrected chi connectivity index (χ2v) is 5.15. The number of nitrogens with one attached hydrogen (secondary N) is 1. The van der Waals surface area contributed by atoms with Gasteiger partial charge in [0.25, 0.3) is 0 Å². The molecule has 0 aromatic heterocycles. The number of anilines is 1. The van der Waals surface area contributed by atoms with Gasteiger partial charge in [-0.15, -0.1) is 0 Å². The van der Waals surface area contributed by atoms with Crippen LogP contribution in [0.15, 0.2) is 24.3 Å². The van der Waals surface area contributed by atoms with Gasteiger partial charge in [0, 0.05) is 18.8 Å². The van der Waals surface area contributed by atoms with Crippen LogP contribution in [0.3, 0.4) is 0 Å². The van der Waals surface area contributed by atoms with Crippen LogP contribution in [0.5, 0.6) is 0 Å². The highest BCUT2D eigenvalue weighted by Gasteiger charge is 2.04. The van der Waals surface area contributed by atoms with Crippen molar-refractivity contribution in [2.24, 2.45) is 5.92 Å². The van der Waals surface area contributed by atoms with Crippen molar-refractivity contribution in [1.82, 2.24) is 0 Å². The minimum absolute atomic E-state index is 0.264. The standard InChI is InChI=1S/C15H24FNO2/c1-12(2)4-3-9-19-11-15(18)10-17-14-7-5-13(16)6-8-14/h5-8,12,15,17-18H,3-4,9-11H2,1-2H3. The molecular weight excluding hydrogens is 245 g/mol. The van der Waals surface area contributed by atoms with Crippen LogP contribution in [0.1, 0.15) is 26.7 Å². The third-order valence-corrected chi connectivity index (χ3v) is 2.77. The molecule has 0 aliphatic rings.